The molecule has 0 saturated carbocycles. The number of carboxylic acid groups (broad SMARTS) is 1. The lowest BCUT2D eigenvalue weighted by molar-refractivity contribution is -0.139. The van der Waals surface area contributed by atoms with E-state index in [1.54, 1.807) is 0 Å². The van der Waals surface area contributed by atoms with Crippen LogP contribution in [0, 0.1) is 0 Å². The average Bonchev–Trinajstić information content (AvgIpc) is 2.47. The van der Waals surface area contributed by atoms with Crippen molar-refractivity contribution in [2.24, 2.45) is 0 Å². The summed E-state index contributed by atoms with van der Waals surface area (Å²) in [4.78, 5) is 11.3. The number of nitrogens with one attached hydrogen (secondary N) is 1. The minimum Gasteiger partial charge on any atom is -0.480 e. The lowest BCUT2D eigenvalue weighted by Gasteiger charge is -2.30. The third kappa shape index (κ3) is 2.21. The third-order valence-corrected chi connectivity index (χ3v) is 3.92. The van der Waals surface area contributed by atoms with Gasteiger partial charge in [-0.1, -0.05) is 48.5 Å². The average molecular weight is 267 g/mol. The van der Waals surface area contributed by atoms with Crippen molar-refractivity contribution in [2.45, 2.75) is 25.4 Å². The number of fused-ring (bicyclic) bond motifs is 1. The van der Waals surface area contributed by atoms with Crippen molar-refractivity contribution < 1.29 is 9.90 Å². The molecule has 1 heterocycles. The van der Waals surface area contributed by atoms with Gasteiger partial charge in [0.05, 0.1) is 0 Å². The Bertz CT molecular complexity index is 637. The molecule has 3 nitrogen and oxygen atoms in total. The highest BCUT2D eigenvalue weighted by Gasteiger charge is 2.29. The van der Waals surface area contributed by atoms with Crippen molar-refractivity contribution in [3.63, 3.8) is 0 Å². The van der Waals surface area contributed by atoms with E-state index in [1.165, 1.54) is 5.56 Å². The second-order valence-electron chi connectivity index (χ2n) is 5.22. The molecule has 3 rings (SSSR count). The van der Waals surface area contributed by atoms with Crippen LogP contribution < -0.4 is 5.32 Å². The van der Waals surface area contributed by atoms with Gasteiger partial charge in [-0.3, -0.25) is 10.1 Å². The summed E-state index contributed by atoms with van der Waals surface area (Å²) in [5.74, 6) is -0.787. The molecule has 0 aromatic heterocycles. The molecule has 0 aliphatic carbocycles. The normalized spacial score (nSPS) is 21.2. The summed E-state index contributed by atoms with van der Waals surface area (Å²) < 4.78 is 0. The Balaban J connectivity index is 2.11. The SMILES string of the molecule is CC1NC(C(=O)O)Cc2c(-c3ccccc3)cccc21. The van der Waals surface area contributed by atoms with E-state index in [0.717, 1.165) is 16.7 Å². The van der Waals surface area contributed by atoms with Gasteiger partial charge < -0.3 is 5.11 Å². The van der Waals surface area contributed by atoms with Crippen LogP contribution in [0.4, 0.5) is 0 Å². The zero-order valence-corrected chi connectivity index (χ0v) is 11.3. The first-order chi connectivity index (χ1) is 9.66. The van der Waals surface area contributed by atoms with Gasteiger partial charge in [-0.25, -0.2) is 0 Å². The Morgan fingerprint density at radius 1 is 1.15 bits per heavy atom. The van der Waals surface area contributed by atoms with E-state index in [1.807, 2.05) is 31.2 Å². The highest BCUT2D eigenvalue weighted by molar-refractivity contribution is 5.77. The topological polar surface area (TPSA) is 49.3 Å². The molecule has 0 spiro atoms. The molecule has 0 radical (unpaired) electrons. The molecule has 102 valence electrons. The first-order valence-electron chi connectivity index (χ1n) is 6.83. The summed E-state index contributed by atoms with van der Waals surface area (Å²) >= 11 is 0. The molecule has 2 aromatic carbocycles. The van der Waals surface area contributed by atoms with Crippen LogP contribution >= 0.6 is 0 Å². The molecule has 0 amide bonds. The van der Waals surface area contributed by atoms with Gasteiger partial charge in [-0.2, -0.15) is 0 Å². The summed E-state index contributed by atoms with van der Waals surface area (Å²) in [6.45, 7) is 2.02. The van der Waals surface area contributed by atoms with Gasteiger partial charge in [0.15, 0.2) is 0 Å². The molecule has 2 aromatic rings. The predicted molar refractivity (Wildman–Crippen MR) is 78.6 cm³/mol. The van der Waals surface area contributed by atoms with Gasteiger partial charge in [0, 0.05) is 6.04 Å². The molecule has 2 N–H and O–H groups in total. The Hall–Kier alpha value is -2.13. The fourth-order valence-electron chi connectivity index (χ4n) is 2.94. The molecule has 3 heteroatoms. The van der Waals surface area contributed by atoms with E-state index in [2.05, 4.69) is 29.6 Å². The first-order valence-corrected chi connectivity index (χ1v) is 6.83. The fourth-order valence-corrected chi connectivity index (χ4v) is 2.94. The van der Waals surface area contributed by atoms with Crippen LogP contribution in [0.5, 0.6) is 0 Å². The predicted octanol–water partition coefficient (Wildman–Crippen LogP) is 3.01. The Kier molecular flexibility index (Phi) is 3.28. The van der Waals surface area contributed by atoms with E-state index in [4.69, 9.17) is 0 Å². The van der Waals surface area contributed by atoms with Gasteiger partial charge in [0.1, 0.15) is 6.04 Å². The molecule has 0 fully saturated rings. The first kappa shape index (κ1) is 12.9. The van der Waals surface area contributed by atoms with Crippen LogP contribution in [-0.4, -0.2) is 17.1 Å². The molecular weight excluding hydrogens is 250 g/mol. The molecule has 2 atom stereocenters. The van der Waals surface area contributed by atoms with E-state index >= 15 is 0 Å². The van der Waals surface area contributed by atoms with E-state index in [-0.39, 0.29) is 6.04 Å². The van der Waals surface area contributed by atoms with Gasteiger partial charge >= 0.3 is 5.97 Å². The lowest BCUT2D eigenvalue weighted by atomic mass is 9.85. The van der Waals surface area contributed by atoms with Crippen LogP contribution in [0.3, 0.4) is 0 Å². The fraction of sp³-hybridized carbons (Fsp3) is 0.235. The molecule has 0 saturated heterocycles. The zero-order chi connectivity index (χ0) is 14.1. The molecule has 1 aliphatic heterocycles. The van der Waals surface area contributed by atoms with Crippen LogP contribution in [0.15, 0.2) is 48.5 Å². The third-order valence-electron chi connectivity index (χ3n) is 3.92. The minimum atomic E-state index is -0.787. The van der Waals surface area contributed by atoms with Gasteiger partial charge in [0.2, 0.25) is 0 Å². The largest absolute Gasteiger partial charge is 0.480 e. The van der Waals surface area contributed by atoms with E-state index in [9.17, 15) is 9.90 Å². The highest BCUT2D eigenvalue weighted by atomic mass is 16.4. The van der Waals surface area contributed by atoms with Crippen molar-refractivity contribution in [1.82, 2.24) is 5.32 Å². The molecule has 20 heavy (non-hydrogen) atoms. The Labute approximate surface area is 118 Å². The number of aliphatic carboxylic acids is 1. The van der Waals surface area contributed by atoms with Crippen molar-refractivity contribution in [2.75, 3.05) is 0 Å². The highest BCUT2D eigenvalue weighted by Crippen LogP contribution is 2.33. The second-order valence-corrected chi connectivity index (χ2v) is 5.22. The number of benzene rings is 2. The molecule has 2 unspecified atom stereocenters. The van der Waals surface area contributed by atoms with Crippen molar-refractivity contribution in [3.05, 3.63) is 59.7 Å². The Morgan fingerprint density at radius 3 is 2.60 bits per heavy atom. The monoisotopic (exact) mass is 267 g/mol. The molecular formula is C17H17NO2. The lowest BCUT2D eigenvalue weighted by Crippen LogP contribution is -2.43. The summed E-state index contributed by atoms with van der Waals surface area (Å²) in [6, 6.07) is 15.9. The summed E-state index contributed by atoms with van der Waals surface area (Å²) in [6.07, 6.45) is 0.528. The summed E-state index contributed by atoms with van der Waals surface area (Å²) in [5, 5.41) is 12.4. The van der Waals surface area contributed by atoms with Crippen LogP contribution in [0.1, 0.15) is 24.1 Å². The number of hydrogen-bond acceptors (Lipinski definition) is 2. The number of rotatable bonds is 2. The maximum absolute atomic E-state index is 11.3. The van der Waals surface area contributed by atoms with E-state index in [0.29, 0.717) is 6.42 Å². The molecule has 0 bridgehead atoms. The van der Waals surface area contributed by atoms with Crippen molar-refractivity contribution in [3.8, 4) is 11.1 Å². The number of carbonyl (C=O) groups is 1. The quantitative estimate of drug-likeness (QED) is 0.879. The second kappa shape index (κ2) is 5.10. The number of carboxylic acids is 1. The standard InChI is InChI=1S/C17H17NO2/c1-11-13-8-5-9-14(12-6-3-2-4-7-12)15(13)10-16(18-11)17(19)20/h2-9,11,16,18H,10H2,1H3,(H,19,20). The van der Waals surface area contributed by atoms with Gasteiger partial charge in [-0.15, -0.1) is 0 Å². The maximum atomic E-state index is 11.3. The smallest absolute Gasteiger partial charge is 0.321 e. The van der Waals surface area contributed by atoms with Gasteiger partial charge in [0.25, 0.3) is 0 Å². The summed E-state index contributed by atoms with van der Waals surface area (Å²) in [5.41, 5.74) is 4.63. The molecule has 1 aliphatic rings. The maximum Gasteiger partial charge on any atom is 0.321 e. The zero-order valence-electron chi connectivity index (χ0n) is 11.3. The van der Waals surface area contributed by atoms with Crippen LogP contribution in [0.2, 0.25) is 0 Å². The van der Waals surface area contributed by atoms with E-state index < -0.39 is 12.0 Å². The van der Waals surface area contributed by atoms with Crippen LogP contribution in [0.25, 0.3) is 11.1 Å². The van der Waals surface area contributed by atoms with Crippen molar-refractivity contribution in [1.29, 1.82) is 0 Å². The minimum absolute atomic E-state index is 0.0588. The summed E-state index contributed by atoms with van der Waals surface area (Å²) in [7, 11) is 0. The number of hydrogen-bond donors (Lipinski definition) is 2. The van der Waals surface area contributed by atoms with Gasteiger partial charge in [-0.05, 0) is 35.6 Å². The Morgan fingerprint density at radius 2 is 1.90 bits per heavy atom. The van der Waals surface area contributed by atoms with Crippen LogP contribution in [-0.2, 0) is 11.2 Å². The van der Waals surface area contributed by atoms with Crippen molar-refractivity contribution >= 4 is 5.97 Å².